The van der Waals surface area contributed by atoms with Crippen molar-refractivity contribution >= 4 is 17.2 Å². The molecule has 4 heteroatoms. The Morgan fingerprint density at radius 2 is 1.43 bits per heavy atom. The molecule has 4 nitrogen and oxygen atoms in total. The number of benzene rings is 3. The maximum atomic E-state index is 12.4. The van der Waals surface area contributed by atoms with Crippen molar-refractivity contribution < 1.29 is 9.53 Å². The number of anilines is 2. The van der Waals surface area contributed by atoms with Crippen LogP contribution in [-0.4, -0.2) is 5.78 Å². The Balaban J connectivity index is 1.84. The summed E-state index contributed by atoms with van der Waals surface area (Å²) in [6, 6.07) is 21.2. The number of hydrogen-bond acceptors (Lipinski definition) is 4. The summed E-state index contributed by atoms with van der Waals surface area (Å²) in [4.78, 5) is 12.4. The lowest BCUT2D eigenvalue weighted by Gasteiger charge is -2.10. The summed E-state index contributed by atoms with van der Waals surface area (Å²) >= 11 is 0. The molecule has 3 aromatic rings. The molecule has 3 aromatic carbocycles. The smallest absolute Gasteiger partial charge is 0.193 e. The van der Waals surface area contributed by atoms with E-state index < -0.39 is 0 Å². The molecule has 4 N–H and O–H groups in total. The number of carbonyl (C=O) groups excluding carboxylic acids is 1. The molecule has 0 spiro atoms. The molecule has 0 radical (unpaired) electrons. The molecule has 0 bridgehead atoms. The van der Waals surface area contributed by atoms with Gasteiger partial charge in [-0.1, -0.05) is 18.2 Å². The van der Waals surface area contributed by atoms with Gasteiger partial charge in [-0.25, -0.2) is 0 Å². The van der Waals surface area contributed by atoms with Gasteiger partial charge < -0.3 is 16.2 Å². The zero-order valence-corrected chi connectivity index (χ0v) is 12.4. The second-order valence-corrected chi connectivity index (χ2v) is 5.12. The molecule has 0 fully saturated rings. The van der Waals surface area contributed by atoms with Crippen molar-refractivity contribution in [1.82, 2.24) is 0 Å². The first kappa shape index (κ1) is 14.7. The number of nitrogens with two attached hydrogens (primary N) is 2. The highest BCUT2D eigenvalue weighted by atomic mass is 16.5. The molecule has 3 rings (SSSR count). The van der Waals surface area contributed by atoms with Crippen molar-refractivity contribution in [2.45, 2.75) is 0 Å². The van der Waals surface area contributed by atoms with E-state index in [4.69, 9.17) is 16.2 Å². The number of rotatable bonds is 4. The zero-order valence-electron chi connectivity index (χ0n) is 12.4. The standard InChI is InChI=1S/C19H16N2O2/c20-15-9-6-13(7-10-15)19(22)14-8-11-18(17(21)12-14)23-16-4-2-1-3-5-16/h1-12H,20-21H2. The van der Waals surface area contributed by atoms with Gasteiger partial charge in [-0.05, 0) is 54.6 Å². The summed E-state index contributed by atoms with van der Waals surface area (Å²) < 4.78 is 5.71. The largest absolute Gasteiger partial charge is 0.455 e. The lowest BCUT2D eigenvalue weighted by atomic mass is 10.0. The maximum absolute atomic E-state index is 12.4. The van der Waals surface area contributed by atoms with E-state index in [1.165, 1.54) is 0 Å². The minimum absolute atomic E-state index is 0.108. The van der Waals surface area contributed by atoms with Gasteiger partial charge in [0, 0.05) is 16.8 Å². The zero-order chi connectivity index (χ0) is 16.2. The van der Waals surface area contributed by atoms with Crippen molar-refractivity contribution in [1.29, 1.82) is 0 Å². The minimum Gasteiger partial charge on any atom is -0.455 e. The number of ether oxygens (including phenoxy) is 1. The maximum Gasteiger partial charge on any atom is 0.193 e. The van der Waals surface area contributed by atoms with E-state index >= 15 is 0 Å². The Bertz CT molecular complexity index is 828. The molecule has 0 amide bonds. The molecule has 0 unspecified atom stereocenters. The summed E-state index contributed by atoms with van der Waals surface area (Å²) in [6.07, 6.45) is 0. The average Bonchev–Trinajstić information content (AvgIpc) is 2.58. The van der Waals surface area contributed by atoms with Crippen molar-refractivity contribution in [3.63, 3.8) is 0 Å². The highest BCUT2D eigenvalue weighted by Crippen LogP contribution is 2.28. The second-order valence-electron chi connectivity index (χ2n) is 5.12. The van der Waals surface area contributed by atoms with E-state index in [1.807, 2.05) is 30.3 Å². The fourth-order valence-corrected chi connectivity index (χ4v) is 2.20. The van der Waals surface area contributed by atoms with Crippen LogP contribution in [0.3, 0.4) is 0 Å². The summed E-state index contributed by atoms with van der Waals surface area (Å²) in [5.41, 5.74) is 13.7. The third-order valence-electron chi connectivity index (χ3n) is 3.42. The number of para-hydroxylation sites is 1. The van der Waals surface area contributed by atoms with E-state index in [-0.39, 0.29) is 5.78 Å². The van der Waals surface area contributed by atoms with Gasteiger partial charge in [0.25, 0.3) is 0 Å². The molecular formula is C19H16N2O2. The first-order valence-corrected chi connectivity index (χ1v) is 7.16. The van der Waals surface area contributed by atoms with Crippen LogP contribution in [0.1, 0.15) is 15.9 Å². The van der Waals surface area contributed by atoms with E-state index in [0.29, 0.717) is 34.0 Å². The van der Waals surface area contributed by atoms with Gasteiger partial charge in [-0.3, -0.25) is 4.79 Å². The Morgan fingerprint density at radius 3 is 2.09 bits per heavy atom. The van der Waals surface area contributed by atoms with Crippen molar-refractivity contribution in [2.24, 2.45) is 0 Å². The normalized spacial score (nSPS) is 10.3. The summed E-state index contributed by atoms with van der Waals surface area (Å²) in [5, 5.41) is 0. The molecule has 0 aliphatic carbocycles. The fraction of sp³-hybridized carbons (Fsp3) is 0. The third-order valence-corrected chi connectivity index (χ3v) is 3.42. The van der Waals surface area contributed by atoms with Gasteiger partial charge in [-0.2, -0.15) is 0 Å². The topological polar surface area (TPSA) is 78.3 Å². The number of carbonyl (C=O) groups is 1. The molecule has 0 atom stereocenters. The van der Waals surface area contributed by atoms with Crippen LogP contribution < -0.4 is 16.2 Å². The molecule has 0 aliphatic heterocycles. The average molecular weight is 304 g/mol. The van der Waals surface area contributed by atoms with Crippen molar-refractivity contribution in [3.8, 4) is 11.5 Å². The predicted molar refractivity (Wildman–Crippen MR) is 91.7 cm³/mol. The number of hydrogen-bond donors (Lipinski definition) is 2. The lowest BCUT2D eigenvalue weighted by Crippen LogP contribution is -2.03. The van der Waals surface area contributed by atoms with E-state index in [2.05, 4.69) is 0 Å². The molecule has 114 valence electrons. The number of ketones is 1. The summed E-state index contributed by atoms with van der Waals surface area (Å²) in [6.45, 7) is 0. The Morgan fingerprint density at radius 1 is 0.783 bits per heavy atom. The van der Waals surface area contributed by atoms with Crippen LogP contribution in [0.4, 0.5) is 11.4 Å². The minimum atomic E-state index is -0.108. The van der Waals surface area contributed by atoms with E-state index in [1.54, 1.807) is 42.5 Å². The van der Waals surface area contributed by atoms with Crippen LogP contribution in [-0.2, 0) is 0 Å². The highest BCUT2D eigenvalue weighted by molar-refractivity contribution is 6.09. The van der Waals surface area contributed by atoms with Crippen LogP contribution in [0.25, 0.3) is 0 Å². The van der Waals surface area contributed by atoms with Gasteiger partial charge in [0.05, 0.1) is 5.69 Å². The van der Waals surface area contributed by atoms with Crippen LogP contribution in [0.15, 0.2) is 72.8 Å². The first-order valence-electron chi connectivity index (χ1n) is 7.16. The van der Waals surface area contributed by atoms with Gasteiger partial charge in [0.15, 0.2) is 5.78 Å². The van der Waals surface area contributed by atoms with E-state index in [0.717, 1.165) is 0 Å². The third kappa shape index (κ3) is 3.32. The molecule has 0 saturated carbocycles. The predicted octanol–water partition coefficient (Wildman–Crippen LogP) is 3.87. The monoisotopic (exact) mass is 304 g/mol. The molecule has 0 aliphatic rings. The van der Waals surface area contributed by atoms with Gasteiger partial charge in [-0.15, -0.1) is 0 Å². The van der Waals surface area contributed by atoms with Crippen LogP contribution in [0, 0.1) is 0 Å². The van der Waals surface area contributed by atoms with Crippen LogP contribution in [0.2, 0.25) is 0 Å². The lowest BCUT2D eigenvalue weighted by molar-refractivity contribution is 0.103. The molecule has 23 heavy (non-hydrogen) atoms. The van der Waals surface area contributed by atoms with Crippen LogP contribution >= 0.6 is 0 Å². The van der Waals surface area contributed by atoms with E-state index in [9.17, 15) is 4.79 Å². The Kier molecular flexibility index (Phi) is 3.97. The van der Waals surface area contributed by atoms with Crippen molar-refractivity contribution in [2.75, 3.05) is 11.5 Å². The Labute approximate surface area is 134 Å². The van der Waals surface area contributed by atoms with Gasteiger partial charge in [0.2, 0.25) is 0 Å². The van der Waals surface area contributed by atoms with Gasteiger partial charge in [0.1, 0.15) is 11.5 Å². The second kappa shape index (κ2) is 6.23. The first-order chi connectivity index (χ1) is 11.1. The Hall–Kier alpha value is -3.27. The molecule has 0 aromatic heterocycles. The van der Waals surface area contributed by atoms with Crippen molar-refractivity contribution in [3.05, 3.63) is 83.9 Å². The number of nitrogen functional groups attached to an aromatic ring is 2. The summed E-state index contributed by atoms with van der Waals surface area (Å²) in [7, 11) is 0. The quantitative estimate of drug-likeness (QED) is 0.566. The summed E-state index contributed by atoms with van der Waals surface area (Å²) in [5.74, 6) is 1.10. The van der Waals surface area contributed by atoms with Gasteiger partial charge >= 0.3 is 0 Å². The SMILES string of the molecule is Nc1ccc(C(=O)c2ccc(Oc3ccccc3)c(N)c2)cc1. The van der Waals surface area contributed by atoms with Crippen LogP contribution in [0.5, 0.6) is 11.5 Å². The fourth-order valence-electron chi connectivity index (χ4n) is 2.20. The molecule has 0 saturated heterocycles. The molecule has 0 heterocycles. The highest BCUT2D eigenvalue weighted by Gasteiger charge is 2.11. The molecular weight excluding hydrogens is 288 g/mol.